The van der Waals surface area contributed by atoms with Gasteiger partial charge in [0.25, 0.3) is 0 Å². The summed E-state index contributed by atoms with van der Waals surface area (Å²) in [7, 11) is -11.5. The van der Waals surface area contributed by atoms with Crippen molar-refractivity contribution < 1.29 is 61.6 Å². The van der Waals surface area contributed by atoms with Gasteiger partial charge in [-0.1, -0.05) is 6.07 Å². The first-order valence-electron chi connectivity index (χ1n) is 9.43. The lowest BCUT2D eigenvalue weighted by molar-refractivity contribution is -0.0500. The van der Waals surface area contributed by atoms with Crippen molar-refractivity contribution in [2.24, 2.45) is 0 Å². The molecule has 198 valence electrons. The maximum atomic E-state index is 13.5. The SMILES string of the molecule is CCOC(=O)c1ncc2c(c1COC)c1c(OS(=O)(=O)C(F)(F)F)cccc1n2S(=O)(=O)C(F)(F)F. The minimum atomic E-state index is -6.35. The molecule has 1 aromatic carbocycles. The molecule has 0 radical (unpaired) electrons. The van der Waals surface area contributed by atoms with Gasteiger partial charge in [0.15, 0.2) is 11.4 Å². The first kappa shape index (κ1) is 27.5. The lowest BCUT2D eigenvalue weighted by Gasteiger charge is -2.12. The Kier molecular flexibility index (Phi) is 6.92. The summed E-state index contributed by atoms with van der Waals surface area (Å²) in [5, 5.41) is -1.39. The molecule has 0 saturated carbocycles. The van der Waals surface area contributed by atoms with Gasteiger partial charge in [-0.15, -0.1) is 0 Å². The van der Waals surface area contributed by atoms with Gasteiger partial charge < -0.3 is 13.7 Å². The molecule has 36 heavy (non-hydrogen) atoms. The van der Waals surface area contributed by atoms with E-state index in [0.29, 0.717) is 12.3 Å². The monoisotopic (exact) mass is 564 g/mol. The van der Waals surface area contributed by atoms with Gasteiger partial charge in [-0.05, 0) is 19.1 Å². The molecule has 0 atom stereocenters. The van der Waals surface area contributed by atoms with Crippen molar-refractivity contribution in [2.45, 2.75) is 24.5 Å². The summed E-state index contributed by atoms with van der Waals surface area (Å²) in [4.78, 5) is 16.1. The van der Waals surface area contributed by atoms with Crippen LogP contribution in [-0.4, -0.2) is 56.5 Å². The molecule has 0 N–H and O–H groups in total. The number of carbonyl (C=O) groups excluding carboxylic acids is 1. The molecular weight excluding hydrogens is 550 g/mol. The van der Waals surface area contributed by atoms with Crippen LogP contribution in [0.4, 0.5) is 26.3 Å². The van der Waals surface area contributed by atoms with Crippen molar-refractivity contribution in [3.05, 3.63) is 35.7 Å². The van der Waals surface area contributed by atoms with E-state index in [1.54, 1.807) is 0 Å². The summed E-state index contributed by atoms with van der Waals surface area (Å²) in [5.74, 6) is -2.28. The number of pyridine rings is 1. The molecule has 0 aliphatic carbocycles. The van der Waals surface area contributed by atoms with Crippen molar-refractivity contribution in [1.29, 1.82) is 0 Å². The van der Waals surface area contributed by atoms with E-state index in [1.807, 2.05) is 0 Å². The Balaban J connectivity index is 2.61. The second-order valence-electron chi connectivity index (χ2n) is 6.85. The van der Waals surface area contributed by atoms with Crippen molar-refractivity contribution >= 4 is 47.9 Å². The largest absolute Gasteiger partial charge is 0.534 e. The van der Waals surface area contributed by atoms with Crippen molar-refractivity contribution in [3.63, 3.8) is 0 Å². The molecule has 2 heterocycles. The predicted molar refractivity (Wildman–Crippen MR) is 110 cm³/mol. The molecule has 0 amide bonds. The van der Waals surface area contributed by atoms with Crippen LogP contribution in [0.3, 0.4) is 0 Å². The van der Waals surface area contributed by atoms with Gasteiger partial charge in [-0.25, -0.2) is 13.8 Å². The fourth-order valence-electron chi connectivity index (χ4n) is 3.30. The summed E-state index contributed by atoms with van der Waals surface area (Å²) in [6, 6.07) is 2.21. The summed E-state index contributed by atoms with van der Waals surface area (Å²) >= 11 is 0. The minimum absolute atomic E-state index is 0.173. The molecule has 3 aromatic rings. The van der Waals surface area contributed by atoms with Gasteiger partial charge in [0, 0.05) is 18.1 Å². The maximum Gasteiger partial charge on any atom is 0.534 e. The lowest BCUT2D eigenvalue weighted by Crippen LogP contribution is -2.29. The van der Waals surface area contributed by atoms with E-state index in [4.69, 9.17) is 9.47 Å². The number of benzene rings is 1. The fourth-order valence-corrected chi connectivity index (χ4v) is 4.79. The molecule has 18 heteroatoms. The Morgan fingerprint density at radius 1 is 1.00 bits per heavy atom. The first-order chi connectivity index (χ1) is 16.5. The van der Waals surface area contributed by atoms with E-state index < -0.39 is 82.5 Å². The summed E-state index contributed by atoms with van der Waals surface area (Å²) < 4.78 is 141. The Morgan fingerprint density at radius 2 is 1.64 bits per heavy atom. The highest BCUT2D eigenvalue weighted by atomic mass is 32.2. The number of rotatable bonds is 7. The Labute approximate surface area is 198 Å². The highest BCUT2D eigenvalue weighted by molar-refractivity contribution is 7.91. The number of fused-ring (bicyclic) bond motifs is 3. The Morgan fingerprint density at radius 3 is 2.17 bits per heavy atom. The zero-order valence-corrected chi connectivity index (χ0v) is 19.6. The maximum absolute atomic E-state index is 13.5. The smallest absolute Gasteiger partial charge is 0.461 e. The van der Waals surface area contributed by atoms with Crippen molar-refractivity contribution in [2.75, 3.05) is 13.7 Å². The lowest BCUT2D eigenvalue weighted by atomic mass is 10.1. The van der Waals surface area contributed by atoms with Crippen LogP contribution in [0, 0.1) is 0 Å². The second kappa shape index (κ2) is 9.07. The average molecular weight is 564 g/mol. The second-order valence-corrected chi connectivity index (χ2v) is 10.2. The van der Waals surface area contributed by atoms with Crippen LogP contribution in [0.2, 0.25) is 0 Å². The van der Waals surface area contributed by atoms with Crippen molar-refractivity contribution in [3.8, 4) is 5.75 Å². The minimum Gasteiger partial charge on any atom is -0.461 e. The van der Waals surface area contributed by atoms with Gasteiger partial charge >= 0.3 is 37.1 Å². The van der Waals surface area contributed by atoms with E-state index in [2.05, 4.69) is 9.17 Å². The molecule has 0 aliphatic heterocycles. The van der Waals surface area contributed by atoms with E-state index in [0.717, 1.165) is 19.2 Å². The summed E-state index contributed by atoms with van der Waals surface area (Å²) in [5.41, 5.74) is -14.5. The molecule has 0 fully saturated rings. The summed E-state index contributed by atoms with van der Waals surface area (Å²) in [6.07, 6.45) is 0.548. The molecule has 0 saturated heterocycles. The van der Waals surface area contributed by atoms with Crippen molar-refractivity contribution in [1.82, 2.24) is 8.96 Å². The van der Waals surface area contributed by atoms with Crippen LogP contribution in [0.25, 0.3) is 21.8 Å². The average Bonchev–Trinajstić information content (AvgIpc) is 3.08. The molecule has 0 unspecified atom stereocenters. The van der Waals surface area contributed by atoms with Crippen LogP contribution < -0.4 is 4.18 Å². The number of ether oxygens (including phenoxy) is 2. The van der Waals surface area contributed by atoms with E-state index in [-0.39, 0.29) is 10.6 Å². The van der Waals surface area contributed by atoms with Gasteiger partial charge in [0.1, 0.15) is 0 Å². The number of carbonyl (C=O) groups is 1. The van der Waals surface area contributed by atoms with E-state index in [1.165, 1.54) is 6.92 Å². The standard InChI is InChI=1S/C18H14F6N2O8S2/c1-3-33-16(27)15-9(8-32-2)13-11(7-25-15)26(35(28,29)17(19,20)21)10-5-4-6-12(14(10)13)34-36(30,31)18(22,23)24/h4-7H,3,8H2,1-2H3. The first-order valence-corrected chi connectivity index (χ1v) is 12.3. The number of aromatic nitrogens is 2. The predicted octanol–water partition coefficient (Wildman–Crippen LogP) is 3.44. The highest BCUT2D eigenvalue weighted by Gasteiger charge is 2.50. The number of hydrogen-bond acceptors (Lipinski definition) is 9. The topological polar surface area (TPSA) is 131 Å². The third-order valence-electron chi connectivity index (χ3n) is 4.62. The van der Waals surface area contributed by atoms with Crippen LogP contribution >= 0.6 is 0 Å². The zero-order chi connectivity index (χ0) is 27.3. The van der Waals surface area contributed by atoms with Gasteiger partial charge in [-0.2, -0.15) is 43.2 Å². The number of esters is 1. The number of methoxy groups -OCH3 is 1. The molecule has 10 nitrogen and oxygen atoms in total. The molecule has 2 aromatic heterocycles. The zero-order valence-electron chi connectivity index (χ0n) is 18.0. The normalized spacial score (nSPS) is 13.3. The number of hydrogen-bond donors (Lipinski definition) is 0. The third kappa shape index (κ3) is 4.43. The number of halogens is 6. The van der Waals surface area contributed by atoms with Crippen LogP contribution in [0.1, 0.15) is 23.0 Å². The van der Waals surface area contributed by atoms with Crippen LogP contribution in [-0.2, 0) is 36.2 Å². The third-order valence-corrected chi connectivity index (χ3v) is 7.05. The van der Waals surface area contributed by atoms with E-state index in [9.17, 15) is 48.0 Å². The van der Waals surface area contributed by atoms with Crippen LogP contribution in [0.15, 0.2) is 24.4 Å². The number of alkyl halides is 6. The summed E-state index contributed by atoms with van der Waals surface area (Å²) in [6.45, 7) is 0.625. The van der Waals surface area contributed by atoms with Gasteiger partial charge in [-0.3, -0.25) is 0 Å². The fraction of sp³-hybridized carbons (Fsp3) is 0.333. The molecule has 0 bridgehead atoms. The molecule has 0 spiro atoms. The Hall–Kier alpha value is -3.12. The van der Waals surface area contributed by atoms with Crippen LogP contribution in [0.5, 0.6) is 5.75 Å². The van der Waals surface area contributed by atoms with Gasteiger partial charge in [0.05, 0.1) is 35.8 Å². The quantitative estimate of drug-likeness (QED) is 0.183. The molecule has 0 aliphatic rings. The number of nitrogens with zero attached hydrogens (tertiary/aromatic N) is 2. The van der Waals surface area contributed by atoms with E-state index >= 15 is 0 Å². The highest BCUT2D eigenvalue weighted by Crippen LogP contribution is 2.43. The molecular formula is C18H14F6N2O8S2. The van der Waals surface area contributed by atoms with Gasteiger partial charge in [0.2, 0.25) is 0 Å². The Bertz CT molecular complexity index is 1560. The molecule has 3 rings (SSSR count).